The molecule has 0 aliphatic carbocycles. The Morgan fingerprint density at radius 1 is 1.32 bits per heavy atom. The van der Waals surface area contributed by atoms with E-state index in [1.807, 2.05) is 24.3 Å². The van der Waals surface area contributed by atoms with Crippen LogP contribution in [0, 0.1) is 0 Å². The minimum Gasteiger partial charge on any atom is -0.497 e. The average Bonchev–Trinajstić information content (AvgIpc) is 2.94. The Balaban J connectivity index is 1.91. The van der Waals surface area contributed by atoms with Gasteiger partial charge in [0.25, 0.3) is 0 Å². The summed E-state index contributed by atoms with van der Waals surface area (Å²) in [5, 5.41) is 0. The quantitative estimate of drug-likeness (QED) is 0.752. The van der Waals surface area contributed by atoms with Crippen molar-refractivity contribution in [1.82, 2.24) is 0 Å². The number of allylic oxidation sites excluding steroid dienone is 1. The number of methoxy groups -OCH3 is 1. The molecule has 1 aromatic carbocycles. The van der Waals surface area contributed by atoms with E-state index in [-0.39, 0.29) is 0 Å². The maximum absolute atomic E-state index is 5.93. The van der Waals surface area contributed by atoms with Gasteiger partial charge in [-0.05, 0) is 24.6 Å². The van der Waals surface area contributed by atoms with Crippen molar-refractivity contribution in [3.63, 3.8) is 0 Å². The minimum absolute atomic E-state index is 0.784. The highest BCUT2D eigenvalue weighted by molar-refractivity contribution is 5.41. The largest absolute Gasteiger partial charge is 0.497 e. The predicted octanol–water partition coefficient (Wildman–Crippen LogP) is 1.48. The average molecular weight is 262 g/mol. The van der Waals surface area contributed by atoms with Crippen LogP contribution in [-0.2, 0) is 6.42 Å². The van der Waals surface area contributed by atoms with Crippen LogP contribution in [0.5, 0.6) is 11.5 Å². The van der Waals surface area contributed by atoms with Crippen LogP contribution >= 0.6 is 0 Å². The standard InChI is InChI=1S/C16H23NO2/c1-3-6-14-13-15(18-2)7-8-16(14)19-12-11-17-9-4-5-10-17/h3,7-8,13H,1,4-6,9-12H2,2H3/p+1. The van der Waals surface area contributed by atoms with E-state index in [1.165, 1.54) is 25.9 Å². The van der Waals surface area contributed by atoms with Gasteiger partial charge < -0.3 is 14.4 Å². The highest BCUT2D eigenvalue weighted by Crippen LogP contribution is 2.24. The summed E-state index contributed by atoms with van der Waals surface area (Å²) in [6, 6.07) is 5.97. The molecule has 1 fully saturated rings. The van der Waals surface area contributed by atoms with Crippen LogP contribution in [0.3, 0.4) is 0 Å². The Morgan fingerprint density at radius 3 is 2.79 bits per heavy atom. The van der Waals surface area contributed by atoms with Gasteiger partial charge in [0.2, 0.25) is 0 Å². The first-order chi connectivity index (χ1) is 9.33. The summed E-state index contributed by atoms with van der Waals surface area (Å²) in [5.74, 6) is 1.83. The zero-order valence-corrected chi connectivity index (χ0v) is 11.8. The zero-order valence-electron chi connectivity index (χ0n) is 11.8. The summed E-state index contributed by atoms with van der Waals surface area (Å²) in [7, 11) is 1.68. The number of benzene rings is 1. The molecule has 1 aliphatic heterocycles. The lowest BCUT2D eigenvalue weighted by atomic mass is 10.1. The fraction of sp³-hybridized carbons (Fsp3) is 0.500. The topological polar surface area (TPSA) is 22.9 Å². The molecule has 1 heterocycles. The summed E-state index contributed by atoms with van der Waals surface area (Å²) in [5.41, 5.74) is 1.14. The third-order valence-electron chi connectivity index (χ3n) is 3.66. The molecule has 1 aliphatic rings. The summed E-state index contributed by atoms with van der Waals surface area (Å²) >= 11 is 0. The number of quaternary nitrogens is 1. The van der Waals surface area contributed by atoms with Gasteiger partial charge in [-0.3, -0.25) is 0 Å². The number of likely N-dealkylation sites (tertiary alicyclic amines) is 1. The van der Waals surface area contributed by atoms with Crippen LogP contribution in [0.15, 0.2) is 30.9 Å². The van der Waals surface area contributed by atoms with E-state index in [0.717, 1.165) is 36.6 Å². The molecule has 19 heavy (non-hydrogen) atoms. The Labute approximate surface area is 115 Å². The molecule has 0 unspecified atom stereocenters. The molecule has 0 spiro atoms. The summed E-state index contributed by atoms with van der Waals surface area (Å²) in [6.45, 7) is 8.27. The third kappa shape index (κ3) is 4.00. The van der Waals surface area contributed by atoms with Crippen molar-refractivity contribution in [2.45, 2.75) is 19.3 Å². The molecule has 0 amide bonds. The maximum Gasteiger partial charge on any atom is 0.137 e. The molecule has 1 N–H and O–H groups in total. The lowest BCUT2D eigenvalue weighted by Gasteiger charge is -2.15. The van der Waals surface area contributed by atoms with E-state index in [4.69, 9.17) is 9.47 Å². The monoisotopic (exact) mass is 262 g/mol. The van der Waals surface area contributed by atoms with Gasteiger partial charge in [0, 0.05) is 18.4 Å². The second kappa shape index (κ2) is 7.19. The van der Waals surface area contributed by atoms with Crippen molar-refractivity contribution < 1.29 is 14.4 Å². The van der Waals surface area contributed by atoms with Gasteiger partial charge in [-0.15, -0.1) is 6.58 Å². The summed E-state index contributed by atoms with van der Waals surface area (Å²) in [4.78, 5) is 1.67. The molecule has 0 radical (unpaired) electrons. The number of hydrogen-bond donors (Lipinski definition) is 1. The lowest BCUT2D eigenvalue weighted by Crippen LogP contribution is -3.10. The molecular formula is C16H24NO2+. The Morgan fingerprint density at radius 2 is 2.11 bits per heavy atom. The smallest absolute Gasteiger partial charge is 0.137 e. The number of rotatable bonds is 7. The molecule has 0 aromatic heterocycles. The van der Waals surface area contributed by atoms with E-state index in [9.17, 15) is 0 Å². The van der Waals surface area contributed by atoms with Gasteiger partial charge in [0.1, 0.15) is 24.7 Å². The first-order valence-electron chi connectivity index (χ1n) is 7.07. The number of hydrogen-bond acceptors (Lipinski definition) is 2. The van der Waals surface area contributed by atoms with Crippen molar-refractivity contribution in [2.24, 2.45) is 0 Å². The highest BCUT2D eigenvalue weighted by atomic mass is 16.5. The number of nitrogens with one attached hydrogen (secondary N) is 1. The van der Waals surface area contributed by atoms with Gasteiger partial charge in [0.05, 0.1) is 20.2 Å². The van der Waals surface area contributed by atoms with Crippen LogP contribution < -0.4 is 14.4 Å². The minimum atomic E-state index is 0.784. The highest BCUT2D eigenvalue weighted by Gasteiger charge is 2.15. The first-order valence-corrected chi connectivity index (χ1v) is 7.07. The van der Waals surface area contributed by atoms with Gasteiger partial charge in [-0.1, -0.05) is 6.08 Å². The second-order valence-electron chi connectivity index (χ2n) is 5.02. The van der Waals surface area contributed by atoms with Gasteiger partial charge >= 0.3 is 0 Å². The van der Waals surface area contributed by atoms with Crippen molar-refractivity contribution in [1.29, 1.82) is 0 Å². The summed E-state index contributed by atoms with van der Waals surface area (Å²) < 4.78 is 11.2. The summed E-state index contributed by atoms with van der Waals surface area (Å²) in [6.07, 6.45) is 5.43. The molecule has 1 saturated heterocycles. The van der Waals surface area contributed by atoms with Crippen LogP contribution in [0.4, 0.5) is 0 Å². The zero-order chi connectivity index (χ0) is 13.5. The van der Waals surface area contributed by atoms with Crippen LogP contribution in [-0.4, -0.2) is 33.4 Å². The first kappa shape index (κ1) is 13.9. The fourth-order valence-corrected chi connectivity index (χ4v) is 2.57. The van der Waals surface area contributed by atoms with Gasteiger partial charge in [-0.2, -0.15) is 0 Å². The van der Waals surface area contributed by atoms with Crippen LogP contribution in [0.1, 0.15) is 18.4 Å². The predicted molar refractivity (Wildman–Crippen MR) is 77.2 cm³/mol. The lowest BCUT2D eigenvalue weighted by molar-refractivity contribution is -0.887. The van der Waals surface area contributed by atoms with Crippen LogP contribution in [0.25, 0.3) is 0 Å². The molecule has 104 valence electrons. The van der Waals surface area contributed by atoms with Gasteiger partial charge in [0.15, 0.2) is 0 Å². The fourth-order valence-electron chi connectivity index (χ4n) is 2.57. The molecule has 3 nitrogen and oxygen atoms in total. The molecular weight excluding hydrogens is 238 g/mol. The van der Waals surface area contributed by atoms with E-state index in [1.54, 1.807) is 12.0 Å². The molecule has 0 atom stereocenters. The third-order valence-corrected chi connectivity index (χ3v) is 3.66. The Bertz CT molecular complexity index is 411. The Kier molecular flexibility index (Phi) is 5.28. The Hall–Kier alpha value is -1.48. The molecule has 0 bridgehead atoms. The normalized spacial score (nSPS) is 15.4. The van der Waals surface area contributed by atoms with Crippen molar-refractivity contribution in [2.75, 3.05) is 33.4 Å². The maximum atomic E-state index is 5.93. The van der Waals surface area contributed by atoms with Crippen molar-refractivity contribution >= 4 is 0 Å². The number of ether oxygens (including phenoxy) is 2. The van der Waals surface area contributed by atoms with E-state index in [2.05, 4.69) is 6.58 Å². The second-order valence-corrected chi connectivity index (χ2v) is 5.02. The van der Waals surface area contributed by atoms with Crippen molar-refractivity contribution in [3.8, 4) is 11.5 Å². The van der Waals surface area contributed by atoms with E-state index >= 15 is 0 Å². The van der Waals surface area contributed by atoms with Gasteiger partial charge in [-0.25, -0.2) is 0 Å². The molecule has 2 rings (SSSR count). The molecule has 0 saturated carbocycles. The molecule has 1 aromatic rings. The molecule has 3 heteroatoms. The van der Waals surface area contributed by atoms with Crippen molar-refractivity contribution in [3.05, 3.63) is 36.4 Å². The van der Waals surface area contributed by atoms with Crippen LogP contribution in [0.2, 0.25) is 0 Å². The SMILES string of the molecule is C=CCc1cc(OC)ccc1OCC[NH+]1CCCC1. The van der Waals surface area contributed by atoms with E-state index in [0.29, 0.717) is 0 Å². The van der Waals surface area contributed by atoms with E-state index < -0.39 is 0 Å².